The molecule has 1 amide bonds. The molecule has 0 saturated carbocycles. The lowest BCUT2D eigenvalue weighted by Crippen LogP contribution is -2.32. The van der Waals surface area contributed by atoms with E-state index in [9.17, 15) is 18.0 Å². The standard InChI is InChI=1S/C22H18F3N5O2/c1-13-7-17(5-6-27-13)30-11-16-10-29(12-19(16)28-30)21(31)18-8-15(9-26)3-4-20(18)32-14(2)22(23,24)25/h3-8,11,14H,10,12H2,1-2H3/t14-/m0/s1. The molecule has 1 aliphatic rings. The number of halogens is 3. The highest BCUT2D eigenvalue weighted by Crippen LogP contribution is 2.31. The molecule has 0 spiro atoms. The van der Waals surface area contributed by atoms with Crippen molar-refractivity contribution >= 4 is 5.91 Å². The third-order valence-corrected chi connectivity index (χ3v) is 5.11. The van der Waals surface area contributed by atoms with E-state index in [0.29, 0.717) is 5.69 Å². The van der Waals surface area contributed by atoms with Gasteiger partial charge in [-0.05, 0) is 44.2 Å². The average molecular weight is 441 g/mol. The summed E-state index contributed by atoms with van der Waals surface area (Å²) in [5.74, 6) is -0.753. The Balaban J connectivity index is 1.57. The normalized spacial score (nSPS) is 14.1. The van der Waals surface area contributed by atoms with Crippen LogP contribution in [-0.4, -0.2) is 37.9 Å². The number of fused-ring (bicyclic) bond motifs is 1. The van der Waals surface area contributed by atoms with Gasteiger partial charge in [0, 0.05) is 30.2 Å². The van der Waals surface area contributed by atoms with Crippen LogP contribution in [0.15, 0.2) is 42.7 Å². The van der Waals surface area contributed by atoms with Gasteiger partial charge in [0.25, 0.3) is 5.91 Å². The second kappa shape index (κ2) is 8.00. The predicted octanol–water partition coefficient (Wildman–Crippen LogP) is 3.93. The van der Waals surface area contributed by atoms with Gasteiger partial charge in [-0.2, -0.15) is 23.5 Å². The first kappa shape index (κ1) is 21.4. The molecule has 0 fully saturated rings. The number of ether oxygens (including phenoxy) is 1. The largest absolute Gasteiger partial charge is 0.480 e. The number of nitrogens with zero attached hydrogens (tertiary/aromatic N) is 5. The molecule has 3 heterocycles. The van der Waals surface area contributed by atoms with Crippen LogP contribution in [0.25, 0.3) is 5.69 Å². The molecule has 0 saturated heterocycles. The van der Waals surface area contributed by atoms with E-state index in [-0.39, 0.29) is 30.0 Å². The van der Waals surface area contributed by atoms with E-state index in [1.54, 1.807) is 10.9 Å². The van der Waals surface area contributed by atoms with Crippen LogP contribution < -0.4 is 4.74 Å². The van der Waals surface area contributed by atoms with Crippen molar-refractivity contribution in [3.8, 4) is 17.5 Å². The van der Waals surface area contributed by atoms with E-state index >= 15 is 0 Å². The monoisotopic (exact) mass is 441 g/mol. The number of rotatable bonds is 4. The third-order valence-electron chi connectivity index (χ3n) is 5.11. The summed E-state index contributed by atoms with van der Waals surface area (Å²) in [6.45, 7) is 3.16. The molecule has 1 atom stereocenters. The fraction of sp³-hybridized carbons (Fsp3) is 0.273. The van der Waals surface area contributed by atoms with Gasteiger partial charge in [-0.1, -0.05) is 0 Å². The second-order valence-corrected chi connectivity index (χ2v) is 7.49. The summed E-state index contributed by atoms with van der Waals surface area (Å²) in [6, 6.07) is 9.37. The first-order valence-corrected chi connectivity index (χ1v) is 9.73. The van der Waals surface area contributed by atoms with Crippen LogP contribution in [0.3, 0.4) is 0 Å². The van der Waals surface area contributed by atoms with Crippen molar-refractivity contribution in [1.82, 2.24) is 19.7 Å². The number of aryl methyl sites for hydroxylation is 1. The molecule has 0 N–H and O–H groups in total. The number of pyridine rings is 1. The minimum atomic E-state index is -4.59. The van der Waals surface area contributed by atoms with Gasteiger partial charge < -0.3 is 9.64 Å². The van der Waals surface area contributed by atoms with Crippen LogP contribution >= 0.6 is 0 Å². The van der Waals surface area contributed by atoms with Crippen LogP contribution in [0.4, 0.5) is 13.2 Å². The topological polar surface area (TPSA) is 84.0 Å². The van der Waals surface area contributed by atoms with Crippen molar-refractivity contribution in [2.24, 2.45) is 0 Å². The van der Waals surface area contributed by atoms with Crippen LogP contribution in [0, 0.1) is 18.3 Å². The maximum absolute atomic E-state index is 13.1. The Morgan fingerprint density at radius 3 is 2.69 bits per heavy atom. The molecule has 0 bridgehead atoms. The average Bonchev–Trinajstić information content (AvgIpc) is 3.32. The molecule has 164 valence electrons. The Bertz CT molecular complexity index is 1210. The van der Waals surface area contributed by atoms with Crippen molar-refractivity contribution < 1.29 is 22.7 Å². The lowest BCUT2D eigenvalue weighted by atomic mass is 10.1. The second-order valence-electron chi connectivity index (χ2n) is 7.49. The van der Waals surface area contributed by atoms with Gasteiger partial charge in [0.1, 0.15) is 5.75 Å². The van der Waals surface area contributed by atoms with Crippen molar-refractivity contribution in [2.45, 2.75) is 39.2 Å². The van der Waals surface area contributed by atoms with E-state index < -0.39 is 18.2 Å². The molecule has 2 aromatic heterocycles. The molecule has 1 aromatic carbocycles. The first-order valence-electron chi connectivity index (χ1n) is 9.73. The summed E-state index contributed by atoms with van der Waals surface area (Å²) < 4.78 is 45.6. The van der Waals surface area contributed by atoms with E-state index in [0.717, 1.165) is 23.9 Å². The number of benzene rings is 1. The molecular formula is C22H18F3N5O2. The van der Waals surface area contributed by atoms with Crippen molar-refractivity contribution in [3.05, 3.63) is 70.8 Å². The zero-order valence-electron chi connectivity index (χ0n) is 17.2. The van der Waals surface area contributed by atoms with E-state index in [4.69, 9.17) is 10.00 Å². The quantitative estimate of drug-likeness (QED) is 0.613. The van der Waals surface area contributed by atoms with Gasteiger partial charge in [-0.15, -0.1) is 0 Å². The number of amides is 1. The van der Waals surface area contributed by atoms with E-state index in [2.05, 4.69) is 10.1 Å². The molecule has 4 rings (SSSR count). The maximum atomic E-state index is 13.1. The number of carbonyl (C=O) groups excluding carboxylic acids is 1. The van der Waals surface area contributed by atoms with Crippen molar-refractivity contribution in [1.29, 1.82) is 5.26 Å². The van der Waals surface area contributed by atoms with Crippen molar-refractivity contribution in [3.63, 3.8) is 0 Å². The summed E-state index contributed by atoms with van der Waals surface area (Å²) in [7, 11) is 0. The number of carbonyl (C=O) groups is 1. The number of hydrogen-bond acceptors (Lipinski definition) is 5. The zero-order valence-corrected chi connectivity index (χ0v) is 17.2. The first-order chi connectivity index (χ1) is 15.2. The fourth-order valence-corrected chi connectivity index (χ4v) is 3.40. The Hall–Kier alpha value is -3.87. The highest BCUT2D eigenvalue weighted by molar-refractivity contribution is 5.97. The number of alkyl halides is 3. The number of hydrogen-bond donors (Lipinski definition) is 0. The molecule has 1 aliphatic heterocycles. The van der Waals surface area contributed by atoms with Gasteiger partial charge in [-0.3, -0.25) is 9.78 Å². The summed E-state index contributed by atoms with van der Waals surface area (Å²) >= 11 is 0. The van der Waals surface area contributed by atoms with Gasteiger partial charge in [0.2, 0.25) is 0 Å². The summed E-state index contributed by atoms with van der Waals surface area (Å²) in [4.78, 5) is 18.8. The molecule has 0 aliphatic carbocycles. The van der Waals surface area contributed by atoms with E-state index in [1.807, 2.05) is 31.3 Å². The lowest BCUT2D eigenvalue weighted by molar-refractivity contribution is -0.189. The van der Waals surface area contributed by atoms with Gasteiger partial charge in [0.05, 0.1) is 35.1 Å². The molecular weight excluding hydrogens is 423 g/mol. The summed E-state index contributed by atoms with van der Waals surface area (Å²) in [5, 5.41) is 13.7. The minimum absolute atomic E-state index is 0.0945. The minimum Gasteiger partial charge on any atom is -0.480 e. The van der Waals surface area contributed by atoms with E-state index in [1.165, 1.54) is 23.1 Å². The smallest absolute Gasteiger partial charge is 0.425 e. The summed E-state index contributed by atoms with van der Waals surface area (Å²) in [6.07, 6.45) is -3.21. The van der Waals surface area contributed by atoms with Crippen LogP contribution in [0.1, 0.15) is 39.8 Å². The van der Waals surface area contributed by atoms with Crippen molar-refractivity contribution in [2.75, 3.05) is 0 Å². The maximum Gasteiger partial charge on any atom is 0.425 e. The highest BCUT2D eigenvalue weighted by atomic mass is 19.4. The van der Waals surface area contributed by atoms with Gasteiger partial charge in [-0.25, -0.2) is 4.68 Å². The van der Waals surface area contributed by atoms with Crippen LogP contribution in [0.5, 0.6) is 5.75 Å². The molecule has 0 radical (unpaired) electrons. The molecule has 10 heteroatoms. The predicted molar refractivity (Wildman–Crippen MR) is 107 cm³/mol. The zero-order chi connectivity index (χ0) is 23.0. The number of nitriles is 1. The highest BCUT2D eigenvalue weighted by Gasteiger charge is 2.39. The molecule has 32 heavy (non-hydrogen) atoms. The van der Waals surface area contributed by atoms with Gasteiger partial charge in [0.15, 0.2) is 6.10 Å². The number of aromatic nitrogens is 3. The SMILES string of the molecule is Cc1cc(-n2cc3c(n2)CN(C(=O)c2cc(C#N)ccc2O[C@@H](C)C(F)(F)F)C3)ccn1. The molecule has 3 aromatic rings. The van der Waals surface area contributed by atoms with Gasteiger partial charge >= 0.3 is 6.18 Å². The Morgan fingerprint density at radius 2 is 2.03 bits per heavy atom. The lowest BCUT2D eigenvalue weighted by Gasteiger charge is -2.22. The molecule has 0 unspecified atom stereocenters. The Labute approximate surface area is 181 Å². The van der Waals surface area contributed by atoms with Crippen LogP contribution in [-0.2, 0) is 13.1 Å². The Morgan fingerprint density at radius 1 is 1.25 bits per heavy atom. The fourth-order valence-electron chi connectivity index (χ4n) is 3.40. The third kappa shape index (κ3) is 4.14. The Kier molecular flexibility index (Phi) is 5.34. The van der Waals surface area contributed by atoms with Crippen LogP contribution in [0.2, 0.25) is 0 Å². The summed E-state index contributed by atoms with van der Waals surface area (Å²) in [5.41, 5.74) is 3.25. The molecule has 7 nitrogen and oxygen atoms in total.